The molecular weight excluding hydrogens is 328 g/mol. The molecule has 3 rings (SSSR count). The molecule has 2 heterocycles. The molecule has 0 aliphatic heterocycles. The largest absolute Gasteiger partial charge is 0.486 e. The molecule has 0 atom stereocenters. The zero-order valence-electron chi connectivity index (χ0n) is 14.8. The van der Waals surface area contributed by atoms with Crippen molar-refractivity contribution < 1.29 is 9.53 Å². The zero-order valence-corrected chi connectivity index (χ0v) is 14.8. The molecule has 0 saturated heterocycles. The Kier molecular flexibility index (Phi) is 5.18. The lowest BCUT2D eigenvalue weighted by molar-refractivity contribution is 0.0793. The molecule has 0 unspecified atom stereocenters. The number of fused-ring (bicyclic) bond motifs is 1. The summed E-state index contributed by atoms with van der Waals surface area (Å²) in [5, 5.41) is 8.69. The smallest absolute Gasteiger partial charge is 0.257 e. The van der Waals surface area contributed by atoms with E-state index >= 15 is 0 Å². The minimum Gasteiger partial charge on any atom is -0.486 e. The number of benzene rings is 1. The summed E-state index contributed by atoms with van der Waals surface area (Å²) in [6.45, 7) is 2.67. The van der Waals surface area contributed by atoms with Crippen molar-refractivity contribution in [3.05, 3.63) is 65.6 Å². The number of pyridine rings is 1. The highest BCUT2D eigenvalue weighted by atomic mass is 16.5. The van der Waals surface area contributed by atoms with Crippen molar-refractivity contribution in [1.82, 2.24) is 14.3 Å². The van der Waals surface area contributed by atoms with E-state index in [9.17, 15) is 4.79 Å². The van der Waals surface area contributed by atoms with Crippen molar-refractivity contribution in [2.45, 2.75) is 20.0 Å². The van der Waals surface area contributed by atoms with Gasteiger partial charge in [-0.1, -0.05) is 18.2 Å². The summed E-state index contributed by atoms with van der Waals surface area (Å²) in [5.41, 5.74) is 3.26. The van der Waals surface area contributed by atoms with Crippen LogP contribution in [0.25, 0.3) is 5.65 Å². The number of nitriles is 1. The number of nitrogens with zero attached hydrogens (tertiary/aromatic N) is 4. The minimum absolute atomic E-state index is 0.165. The Balaban J connectivity index is 1.76. The summed E-state index contributed by atoms with van der Waals surface area (Å²) >= 11 is 0. The molecule has 3 aromatic rings. The third-order valence-corrected chi connectivity index (χ3v) is 4.13. The van der Waals surface area contributed by atoms with E-state index in [0.29, 0.717) is 24.3 Å². The second-order valence-electron chi connectivity index (χ2n) is 6.07. The van der Waals surface area contributed by atoms with Crippen LogP contribution in [0.15, 0.2) is 48.8 Å². The Morgan fingerprint density at radius 1 is 1.31 bits per heavy atom. The van der Waals surface area contributed by atoms with Gasteiger partial charge in [0, 0.05) is 26.0 Å². The molecule has 0 N–H and O–H groups in total. The normalized spacial score (nSPS) is 10.5. The summed E-state index contributed by atoms with van der Waals surface area (Å²) in [4.78, 5) is 18.7. The molecule has 6 heteroatoms. The molecule has 6 nitrogen and oxygen atoms in total. The predicted octanol–water partition coefficient (Wildman–Crippen LogP) is 3.21. The average Bonchev–Trinajstić information content (AvgIpc) is 3.08. The second kappa shape index (κ2) is 7.70. The highest BCUT2D eigenvalue weighted by Crippen LogP contribution is 2.21. The van der Waals surface area contributed by atoms with Gasteiger partial charge in [0.2, 0.25) is 0 Å². The fourth-order valence-electron chi connectivity index (χ4n) is 2.72. The lowest BCUT2D eigenvalue weighted by atomic mass is 10.1. The van der Waals surface area contributed by atoms with Crippen molar-refractivity contribution in [1.29, 1.82) is 5.26 Å². The maximum atomic E-state index is 12.6. The van der Waals surface area contributed by atoms with Crippen LogP contribution in [-0.4, -0.2) is 33.8 Å². The second-order valence-corrected chi connectivity index (χ2v) is 6.07. The number of hydrogen-bond donors (Lipinski definition) is 0. The van der Waals surface area contributed by atoms with Gasteiger partial charge in [-0.15, -0.1) is 0 Å². The molecule has 2 aromatic heterocycles. The molecule has 26 heavy (non-hydrogen) atoms. The topological polar surface area (TPSA) is 70.6 Å². The van der Waals surface area contributed by atoms with Gasteiger partial charge in [0.15, 0.2) is 0 Å². The van der Waals surface area contributed by atoms with Crippen LogP contribution in [0.3, 0.4) is 0 Å². The molecule has 0 aliphatic rings. The van der Waals surface area contributed by atoms with Gasteiger partial charge in [0.05, 0.1) is 23.7 Å². The SMILES string of the molecule is Cc1cccn2cc(COc3ccccc3C(=O)N(C)CCC#N)nc12. The fourth-order valence-corrected chi connectivity index (χ4v) is 2.72. The molecule has 0 aliphatic carbocycles. The van der Waals surface area contributed by atoms with Crippen LogP contribution in [-0.2, 0) is 6.61 Å². The monoisotopic (exact) mass is 348 g/mol. The number of ether oxygens (including phenoxy) is 1. The van der Waals surface area contributed by atoms with Crippen molar-refractivity contribution in [2.24, 2.45) is 0 Å². The number of para-hydroxylation sites is 1. The fraction of sp³-hybridized carbons (Fsp3) is 0.250. The van der Waals surface area contributed by atoms with Gasteiger partial charge < -0.3 is 14.0 Å². The molecule has 0 fully saturated rings. The summed E-state index contributed by atoms with van der Waals surface area (Å²) in [6, 6.07) is 13.2. The van der Waals surface area contributed by atoms with Gasteiger partial charge in [-0.3, -0.25) is 4.79 Å². The minimum atomic E-state index is -0.165. The van der Waals surface area contributed by atoms with E-state index in [-0.39, 0.29) is 12.5 Å². The molecule has 0 bridgehead atoms. The van der Waals surface area contributed by atoms with Gasteiger partial charge in [-0.05, 0) is 30.7 Å². The number of imidazole rings is 1. The maximum Gasteiger partial charge on any atom is 0.257 e. The first-order chi connectivity index (χ1) is 12.6. The van der Waals surface area contributed by atoms with Crippen LogP contribution in [0.5, 0.6) is 5.75 Å². The van der Waals surface area contributed by atoms with Gasteiger partial charge in [0.25, 0.3) is 5.91 Å². The molecule has 0 radical (unpaired) electrons. The first-order valence-corrected chi connectivity index (χ1v) is 8.37. The molecule has 1 amide bonds. The van der Waals surface area contributed by atoms with Gasteiger partial charge >= 0.3 is 0 Å². The molecule has 1 aromatic carbocycles. The third-order valence-electron chi connectivity index (χ3n) is 4.13. The van der Waals surface area contributed by atoms with E-state index in [0.717, 1.165) is 16.9 Å². The Morgan fingerprint density at radius 3 is 2.88 bits per heavy atom. The van der Waals surface area contributed by atoms with Crippen molar-refractivity contribution >= 4 is 11.6 Å². The van der Waals surface area contributed by atoms with Crippen LogP contribution in [0, 0.1) is 18.3 Å². The molecule has 0 spiro atoms. The van der Waals surface area contributed by atoms with Crippen LogP contribution in [0.1, 0.15) is 28.0 Å². The number of carbonyl (C=O) groups is 1. The molecule has 132 valence electrons. The third kappa shape index (κ3) is 3.67. The summed E-state index contributed by atoms with van der Waals surface area (Å²) in [5.74, 6) is 0.344. The average molecular weight is 348 g/mol. The van der Waals surface area contributed by atoms with Gasteiger partial charge in [-0.25, -0.2) is 4.98 Å². The number of hydrogen-bond acceptors (Lipinski definition) is 4. The highest BCUT2D eigenvalue weighted by Gasteiger charge is 2.16. The number of aromatic nitrogens is 2. The number of carbonyl (C=O) groups excluding carboxylic acids is 1. The number of amides is 1. The first-order valence-electron chi connectivity index (χ1n) is 8.37. The quantitative estimate of drug-likeness (QED) is 0.686. The summed E-state index contributed by atoms with van der Waals surface area (Å²) in [6.07, 6.45) is 4.16. The first kappa shape index (κ1) is 17.5. The predicted molar refractivity (Wildman–Crippen MR) is 97.9 cm³/mol. The van der Waals surface area contributed by atoms with Crippen molar-refractivity contribution in [2.75, 3.05) is 13.6 Å². The van der Waals surface area contributed by atoms with E-state index in [1.54, 1.807) is 25.2 Å². The van der Waals surface area contributed by atoms with Crippen molar-refractivity contribution in [3.63, 3.8) is 0 Å². The van der Waals surface area contributed by atoms with Crippen LogP contribution >= 0.6 is 0 Å². The van der Waals surface area contributed by atoms with Crippen LogP contribution < -0.4 is 4.74 Å². The Labute approximate surface area is 152 Å². The Hall–Kier alpha value is -3.33. The lowest BCUT2D eigenvalue weighted by Crippen LogP contribution is -2.28. The van der Waals surface area contributed by atoms with E-state index in [4.69, 9.17) is 10.00 Å². The highest BCUT2D eigenvalue weighted by molar-refractivity contribution is 5.96. The molecular formula is C20H20N4O2. The van der Waals surface area contributed by atoms with Crippen LogP contribution in [0.2, 0.25) is 0 Å². The van der Waals surface area contributed by atoms with Crippen molar-refractivity contribution in [3.8, 4) is 11.8 Å². The number of rotatable bonds is 6. The molecule has 0 saturated carbocycles. The van der Waals surface area contributed by atoms with E-state index in [2.05, 4.69) is 4.98 Å². The van der Waals surface area contributed by atoms with E-state index in [1.807, 2.05) is 48.0 Å². The lowest BCUT2D eigenvalue weighted by Gasteiger charge is -2.17. The zero-order chi connectivity index (χ0) is 18.5. The van der Waals surface area contributed by atoms with Gasteiger partial charge in [0.1, 0.15) is 18.0 Å². The van der Waals surface area contributed by atoms with E-state index < -0.39 is 0 Å². The summed E-state index contributed by atoms with van der Waals surface area (Å²) < 4.78 is 7.84. The standard InChI is InChI=1S/C20H20N4O2/c1-15-7-5-12-24-13-16(22-19(15)24)14-26-18-9-4-3-8-17(18)20(25)23(2)11-6-10-21/h3-5,7-9,12-13H,6,11,14H2,1-2H3. The summed E-state index contributed by atoms with van der Waals surface area (Å²) in [7, 11) is 1.68. The van der Waals surface area contributed by atoms with Crippen LogP contribution in [0.4, 0.5) is 0 Å². The number of aryl methyl sites for hydroxylation is 1. The van der Waals surface area contributed by atoms with Gasteiger partial charge in [-0.2, -0.15) is 5.26 Å². The maximum absolute atomic E-state index is 12.6. The Bertz CT molecular complexity index is 971. The Morgan fingerprint density at radius 2 is 2.12 bits per heavy atom. The van der Waals surface area contributed by atoms with E-state index in [1.165, 1.54) is 4.90 Å².